The first-order valence-electron chi connectivity index (χ1n) is 11.1. The van der Waals surface area contributed by atoms with Gasteiger partial charge in [-0.1, -0.05) is 53.9 Å². The molecule has 2 heteroatoms. The molecule has 0 aliphatic carbocycles. The van der Waals surface area contributed by atoms with Crippen molar-refractivity contribution in [2.75, 3.05) is 0 Å². The van der Waals surface area contributed by atoms with Gasteiger partial charge >= 0.3 is 0 Å². The van der Waals surface area contributed by atoms with E-state index in [2.05, 4.69) is 0 Å². The summed E-state index contributed by atoms with van der Waals surface area (Å²) in [6.07, 6.45) is 0. The van der Waals surface area contributed by atoms with Crippen molar-refractivity contribution >= 4 is 43.1 Å². The Morgan fingerprint density at radius 3 is 2.40 bits per heavy atom. The third-order valence-corrected chi connectivity index (χ3v) is 4.00. The van der Waals surface area contributed by atoms with Crippen LogP contribution in [-0.2, 0) is 0 Å². The molecule has 0 spiro atoms. The fraction of sp³-hybridized carbons (Fsp3) is 0. The first kappa shape index (κ1) is 5.18. The van der Waals surface area contributed by atoms with Crippen LogP contribution >= 0.6 is 22.9 Å². The average Bonchev–Trinajstić information content (AvgIpc) is 3.14. The van der Waals surface area contributed by atoms with Crippen molar-refractivity contribution in [2.24, 2.45) is 0 Å². The second-order valence-corrected chi connectivity index (χ2v) is 5.35. The molecule has 0 amide bonds. The van der Waals surface area contributed by atoms with Crippen LogP contribution in [0.25, 0.3) is 31.3 Å². The van der Waals surface area contributed by atoms with E-state index in [1.54, 1.807) is 0 Å². The van der Waals surface area contributed by atoms with Crippen molar-refractivity contribution in [3.8, 4) is 11.1 Å². The van der Waals surface area contributed by atoms with Crippen LogP contribution in [0, 0.1) is 0 Å². The second-order valence-electron chi connectivity index (χ2n) is 3.95. The average molecular weight is 306 g/mol. The molecule has 0 saturated carbocycles. The Morgan fingerprint density at radius 2 is 1.55 bits per heavy atom. The van der Waals surface area contributed by atoms with Gasteiger partial charge in [-0.2, -0.15) is 0 Å². The maximum Gasteiger partial charge on any atom is 0.0639 e. The number of rotatable bonds is 1. The summed E-state index contributed by atoms with van der Waals surface area (Å²) < 4.78 is 90.4. The molecule has 20 heavy (non-hydrogen) atoms. The molecule has 4 rings (SSSR count). The summed E-state index contributed by atoms with van der Waals surface area (Å²) in [5.74, 6) is 0. The Bertz CT molecular complexity index is 1430. The van der Waals surface area contributed by atoms with Gasteiger partial charge in [-0.15, -0.1) is 11.3 Å². The molecule has 0 bridgehead atoms. The van der Waals surface area contributed by atoms with Gasteiger partial charge < -0.3 is 0 Å². The molecule has 0 N–H and O–H groups in total. The van der Waals surface area contributed by atoms with Crippen LogP contribution < -0.4 is 0 Å². The first-order valence-corrected chi connectivity index (χ1v) is 6.79. The Labute approximate surface area is 141 Å². The van der Waals surface area contributed by atoms with Gasteiger partial charge in [0, 0.05) is 25.2 Å². The molecule has 0 nitrogen and oxygen atoms in total. The minimum atomic E-state index is -0.543. The molecule has 0 fully saturated rings. The Balaban J connectivity index is 2.40. The molecule has 1 aromatic heterocycles. The van der Waals surface area contributed by atoms with E-state index in [-0.39, 0.29) is 43.4 Å². The van der Waals surface area contributed by atoms with Crippen LogP contribution in [0.5, 0.6) is 0 Å². The van der Waals surface area contributed by atoms with Crippen molar-refractivity contribution in [1.29, 1.82) is 0 Å². The highest BCUT2D eigenvalue weighted by molar-refractivity contribution is 7.25. The lowest BCUT2D eigenvalue weighted by Gasteiger charge is -2.04. The fourth-order valence-corrected chi connectivity index (χ4v) is 3.03. The summed E-state index contributed by atoms with van der Waals surface area (Å²) in [6.45, 7) is 0. The van der Waals surface area contributed by atoms with Gasteiger partial charge in [0.05, 0.1) is 15.1 Å². The minimum Gasteiger partial charge on any atom is -0.135 e. The Kier molecular flexibility index (Phi) is 1.20. The molecule has 0 saturated heterocycles. The SMILES string of the molecule is [2H]c1c([2H])c(-c2c([2H])c([2H])c([2H])c3sc4c([2H])c([2H])c([2H])c([2H])c4c23)c([2H])c([2H])c1Cl. The molecule has 0 atom stereocenters. The molecule has 0 aliphatic heterocycles. The van der Waals surface area contributed by atoms with Crippen LogP contribution in [-0.4, -0.2) is 0 Å². The zero-order chi connectivity index (χ0) is 23.1. The van der Waals surface area contributed by atoms with Crippen LogP contribution in [0.1, 0.15) is 15.1 Å². The van der Waals surface area contributed by atoms with Crippen molar-refractivity contribution in [1.82, 2.24) is 0 Å². The summed E-state index contributed by atoms with van der Waals surface area (Å²) in [5.41, 5.74) is -0.504. The second kappa shape index (κ2) is 4.62. The molecule has 1 heterocycles. The number of benzene rings is 3. The van der Waals surface area contributed by atoms with E-state index in [0.717, 1.165) is 11.3 Å². The minimum absolute atomic E-state index is 0.00908. The van der Waals surface area contributed by atoms with Gasteiger partial charge in [-0.25, -0.2) is 0 Å². The summed E-state index contributed by atoms with van der Waals surface area (Å²) >= 11 is 6.76. The predicted molar refractivity (Wildman–Crippen MR) is 89.8 cm³/mol. The fourth-order valence-electron chi connectivity index (χ4n) is 1.97. The Morgan fingerprint density at radius 1 is 0.800 bits per heavy atom. The standard InChI is InChI=1S/C18H11ClS/c19-13-10-8-12(9-11-13)14-5-3-7-17-18(14)15-4-1-2-6-16(15)20-17/h1-11H/i1D,2D,3D,4D,5D,6D,7D,8D,9D,10D,11D. The molecule has 3 aromatic carbocycles. The topological polar surface area (TPSA) is 0 Å². The summed E-state index contributed by atoms with van der Waals surface area (Å²) in [7, 11) is 0. The molecule has 0 aliphatic rings. The summed E-state index contributed by atoms with van der Waals surface area (Å²) in [6, 6.07) is -5.30. The van der Waals surface area contributed by atoms with E-state index in [9.17, 15) is 0 Å². The van der Waals surface area contributed by atoms with Gasteiger partial charge in [0.2, 0.25) is 0 Å². The Hall–Kier alpha value is -1.83. The van der Waals surface area contributed by atoms with Crippen LogP contribution in [0.3, 0.4) is 0 Å². The number of hydrogen-bond donors (Lipinski definition) is 0. The monoisotopic (exact) mass is 305 g/mol. The molecular formula is C18H11ClS. The number of fused-ring (bicyclic) bond motifs is 3. The zero-order valence-electron chi connectivity index (χ0n) is 20.8. The highest BCUT2D eigenvalue weighted by atomic mass is 35.5. The maximum atomic E-state index is 8.46. The largest absolute Gasteiger partial charge is 0.135 e. The van der Waals surface area contributed by atoms with Crippen LogP contribution in [0.15, 0.2) is 66.5 Å². The van der Waals surface area contributed by atoms with E-state index in [4.69, 9.17) is 26.7 Å². The predicted octanol–water partition coefficient (Wildman–Crippen LogP) is 6.37. The van der Waals surface area contributed by atoms with Crippen LogP contribution in [0.4, 0.5) is 0 Å². The van der Waals surface area contributed by atoms with E-state index in [1.165, 1.54) is 0 Å². The van der Waals surface area contributed by atoms with Crippen molar-refractivity contribution in [3.05, 3.63) is 71.5 Å². The lowest BCUT2D eigenvalue weighted by atomic mass is 10.00. The number of hydrogen-bond acceptors (Lipinski definition) is 1. The quantitative estimate of drug-likeness (QED) is 0.383. The molecule has 0 radical (unpaired) electrons. The third kappa shape index (κ3) is 1.82. The van der Waals surface area contributed by atoms with Crippen molar-refractivity contribution < 1.29 is 15.1 Å². The van der Waals surface area contributed by atoms with Gasteiger partial charge in [-0.3, -0.25) is 0 Å². The van der Waals surface area contributed by atoms with Crippen LogP contribution in [0.2, 0.25) is 5.02 Å². The summed E-state index contributed by atoms with van der Waals surface area (Å²) in [5, 5.41) is -0.363. The maximum absolute atomic E-state index is 8.46. The lowest BCUT2D eigenvalue weighted by molar-refractivity contribution is 1.67. The first-order chi connectivity index (χ1) is 14.4. The molecule has 4 aromatic rings. The molecule has 96 valence electrons. The van der Waals surface area contributed by atoms with E-state index in [0.29, 0.717) is 0 Å². The molecule has 0 unspecified atom stereocenters. The van der Waals surface area contributed by atoms with Crippen molar-refractivity contribution in [2.45, 2.75) is 0 Å². The molecular weight excluding hydrogens is 284 g/mol. The van der Waals surface area contributed by atoms with E-state index in [1.807, 2.05) is 0 Å². The third-order valence-electron chi connectivity index (χ3n) is 2.79. The summed E-state index contributed by atoms with van der Waals surface area (Å²) in [4.78, 5) is 0. The highest BCUT2D eigenvalue weighted by Crippen LogP contribution is 2.39. The zero-order valence-corrected chi connectivity index (χ0v) is 11.4. The number of halogens is 1. The smallest absolute Gasteiger partial charge is 0.0639 e. The van der Waals surface area contributed by atoms with E-state index >= 15 is 0 Å². The van der Waals surface area contributed by atoms with Gasteiger partial charge in [-0.05, 0) is 35.3 Å². The van der Waals surface area contributed by atoms with E-state index < -0.39 is 59.4 Å². The van der Waals surface area contributed by atoms with Gasteiger partial charge in [0.25, 0.3) is 0 Å². The van der Waals surface area contributed by atoms with Crippen molar-refractivity contribution in [3.63, 3.8) is 0 Å². The van der Waals surface area contributed by atoms with Gasteiger partial charge in [0.15, 0.2) is 0 Å². The van der Waals surface area contributed by atoms with Gasteiger partial charge in [0.1, 0.15) is 0 Å². The lowest BCUT2D eigenvalue weighted by Crippen LogP contribution is -1.78. The number of thiophene rings is 1. The normalized spacial score (nSPS) is 18.9. The highest BCUT2D eigenvalue weighted by Gasteiger charge is 2.09.